The van der Waals surface area contributed by atoms with Crippen LogP contribution in [-0.4, -0.2) is 5.78 Å². The van der Waals surface area contributed by atoms with E-state index >= 15 is 0 Å². The van der Waals surface area contributed by atoms with Crippen LogP contribution in [0.2, 0.25) is 0 Å². The van der Waals surface area contributed by atoms with Crippen LogP contribution in [0.3, 0.4) is 0 Å². The van der Waals surface area contributed by atoms with Crippen LogP contribution in [0.5, 0.6) is 0 Å². The molecule has 0 amide bonds. The van der Waals surface area contributed by atoms with Crippen LogP contribution in [-0.2, 0) is 6.42 Å². The highest BCUT2D eigenvalue weighted by molar-refractivity contribution is 9.10. The van der Waals surface area contributed by atoms with E-state index in [1.165, 1.54) is 5.56 Å². The summed E-state index contributed by atoms with van der Waals surface area (Å²) in [6, 6.07) is 6.02. The molecule has 1 aliphatic rings. The number of rotatable bonds is 2. The molecule has 74 valence electrons. The smallest absolute Gasteiger partial charge is 0.167 e. The molecule has 0 N–H and O–H groups in total. The number of Topliss-reactive ketones (excluding diaryl/α,β-unsaturated/α-hetero) is 1. The standard InChI is InChI=1S/C12H13BrO/c1-2-4-9-7-8-5-3-6-10(13)11(8)12(9)14/h3,5-6,9H,2,4,7H2,1H3. The van der Waals surface area contributed by atoms with Gasteiger partial charge in [-0.1, -0.05) is 41.4 Å². The predicted molar refractivity (Wildman–Crippen MR) is 60.6 cm³/mol. The van der Waals surface area contributed by atoms with Crippen LogP contribution in [0.15, 0.2) is 22.7 Å². The molecule has 14 heavy (non-hydrogen) atoms. The van der Waals surface area contributed by atoms with Gasteiger partial charge in [0.25, 0.3) is 0 Å². The SMILES string of the molecule is CCCC1Cc2cccc(Br)c2C1=O. The summed E-state index contributed by atoms with van der Waals surface area (Å²) < 4.78 is 0.957. The Morgan fingerprint density at radius 1 is 1.50 bits per heavy atom. The van der Waals surface area contributed by atoms with Gasteiger partial charge < -0.3 is 0 Å². The summed E-state index contributed by atoms with van der Waals surface area (Å²) >= 11 is 3.45. The van der Waals surface area contributed by atoms with Crippen LogP contribution < -0.4 is 0 Å². The molecule has 1 aliphatic carbocycles. The lowest BCUT2D eigenvalue weighted by molar-refractivity contribution is 0.0929. The first-order valence-electron chi connectivity index (χ1n) is 5.05. The van der Waals surface area contributed by atoms with Gasteiger partial charge in [-0.15, -0.1) is 0 Å². The maximum atomic E-state index is 12.0. The van der Waals surface area contributed by atoms with E-state index in [-0.39, 0.29) is 5.92 Å². The van der Waals surface area contributed by atoms with Gasteiger partial charge in [0.1, 0.15) is 0 Å². The fourth-order valence-corrected chi connectivity index (χ4v) is 2.76. The minimum absolute atomic E-state index is 0.230. The largest absolute Gasteiger partial charge is 0.294 e. The zero-order valence-electron chi connectivity index (χ0n) is 8.22. The first-order valence-corrected chi connectivity index (χ1v) is 5.85. The molecular formula is C12H13BrO. The Balaban J connectivity index is 2.36. The summed E-state index contributed by atoms with van der Waals surface area (Å²) in [6.45, 7) is 2.13. The summed E-state index contributed by atoms with van der Waals surface area (Å²) in [7, 11) is 0. The molecule has 2 rings (SSSR count). The molecule has 0 aromatic heterocycles. The van der Waals surface area contributed by atoms with E-state index in [4.69, 9.17) is 0 Å². The lowest BCUT2D eigenvalue weighted by Gasteiger charge is -2.03. The molecule has 0 radical (unpaired) electrons. The van der Waals surface area contributed by atoms with Gasteiger partial charge in [0, 0.05) is 16.0 Å². The van der Waals surface area contributed by atoms with Crippen molar-refractivity contribution in [2.24, 2.45) is 5.92 Å². The number of carbonyl (C=O) groups excluding carboxylic acids is 1. The minimum Gasteiger partial charge on any atom is -0.294 e. The highest BCUT2D eigenvalue weighted by Gasteiger charge is 2.30. The first-order chi connectivity index (χ1) is 6.74. The Labute approximate surface area is 92.6 Å². The zero-order chi connectivity index (χ0) is 10.1. The number of halogens is 1. The third-order valence-corrected chi connectivity index (χ3v) is 3.48. The van der Waals surface area contributed by atoms with E-state index in [9.17, 15) is 4.79 Å². The van der Waals surface area contributed by atoms with Crippen LogP contribution in [0, 0.1) is 5.92 Å². The van der Waals surface area contributed by atoms with Crippen LogP contribution >= 0.6 is 15.9 Å². The van der Waals surface area contributed by atoms with E-state index in [1.54, 1.807) is 0 Å². The molecule has 1 atom stereocenters. The number of hydrogen-bond acceptors (Lipinski definition) is 1. The third kappa shape index (κ3) is 1.52. The second-order valence-electron chi connectivity index (χ2n) is 3.83. The molecule has 1 nitrogen and oxygen atoms in total. The van der Waals surface area contributed by atoms with Crippen molar-refractivity contribution in [3.63, 3.8) is 0 Å². The summed E-state index contributed by atoms with van der Waals surface area (Å²) in [4.78, 5) is 12.0. The Hall–Kier alpha value is -0.630. The average Bonchev–Trinajstić information content (AvgIpc) is 2.46. The van der Waals surface area contributed by atoms with Gasteiger partial charge in [0.05, 0.1) is 0 Å². The Morgan fingerprint density at radius 2 is 2.29 bits per heavy atom. The fourth-order valence-electron chi connectivity index (χ4n) is 2.16. The van der Waals surface area contributed by atoms with Gasteiger partial charge >= 0.3 is 0 Å². The highest BCUT2D eigenvalue weighted by Crippen LogP contribution is 2.34. The van der Waals surface area contributed by atoms with E-state index < -0.39 is 0 Å². The average molecular weight is 253 g/mol. The predicted octanol–water partition coefficient (Wildman–Crippen LogP) is 3.60. The van der Waals surface area contributed by atoms with Crippen molar-refractivity contribution >= 4 is 21.7 Å². The van der Waals surface area contributed by atoms with Crippen molar-refractivity contribution in [1.29, 1.82) is 0 Å². The molecule has 0 heterocycles. The van der Waals surface area contributed by atoms with Crippen molar-refractivity contribution in [3.8, 4) is 0 Å². The van der Waals surface area contributed by atoms with Crippen molar-refractivity contribution < 1.29 is 4.79 Å². The molecule has 0 aliphatic heterocycles. The van der Waals surface area contributed by atoms with Crippen LogP contribution in [0.25, 0.3) is 0 Å². The van der Waals surface area contributed by atoms with Crippen molar-refractivity contribution in [3.05, 3.63) is 33.8 Å². The van der Waals surface area contributed by atoms with Crippen molar-refractivity contribution in [2.45, 2.75) is 26.2 Å². The Kier molecular flexibility index (Phi) is 2.73. The molecule has 0 saturated heterocycles. The van der Waals surface area contributed by atoms with E-state index in [0.29, 0.717) is 5.78 Å². The quantitative estimate of drug-likeness (QED) is 0.786. The molecular weight excluding hydrogens is 240 g/mol. The summed E-state index contributed by atoms with van der Waals surface area (Å²) in [5, 5.41) is 0. The molecule has 0 bridgehead atoms. The molecule has 1 unspecified atom stereocenters. The fraction of sp³-hybridized carbons (Fsp3) is 0.417. The molecule has 1 aromatic carbocycles. The van der Waals surface area contributed by atoms with Gasteiger partial charge in [-0.3, -0.25) is 4.79 Å². The molecule has 0 spiro atoms. The van der Waals surface area contributed by atoms with E-state index in [1.807, 2.05) is 12.1 Å². The second-order valence-corrected chi connectivity index (χ2v) is 4.68. The number of hydrogen-bond donors (Lipinski definition) is 0. The molecule has 0 saturated carbocycles. The third-order valence-electron chi connectivity index (χ3n) is 2.82. The summed E-state index contributed by atoms with van der Waals surface area (Å²) in [5.74, 6) is 0.558. The van der Waals surface area contributed by atoms with Gasteiger partial charge in [-0.2, -0.15) is 0 Å². The summed E-state index contributed by atoms with van der Waals surface area (Å²) in [5.41, 5.74) is 2.13. The van der Waals surface area contributed by atoms with Crippen LogP contribution in [0.4, 0.5) is 0 Å². The van der Waals surface area contributed by atoms with Gasteiger partial charge in [-0.05, 0) is 24.5 Å². The van der Waals surface area contributed by atoms with Crippen molar-refractivity contribution in [1.82, 2.24) is 0 Å². The normalized spacial score (nSPS) is 19.9. The molecule has 0 fully saturated rings. The maximum Gasteiger partial charge on any atom is 0.167 e. The lowest BCUT2D eigenvalue weighted by Crippen LogP contribution is -2.08. The Bertz CT molecular complexity index is 371. The van der Waals surface area contributed by atoms with Crippen molar-refractivity contribution in [2.75, 3.05) is 0 Å². The van der Waals surface area contributed by atoms with Gasteiger partial charge in [-0.25, -0.2) is 0 Å². The minimum atomic E-state index is 0.230. The highest BCUT2D eigenvalue weighted by atomic mass is 79.9. The maximum absolute atomic E-state index is 12.0. The van der Waals surface area contributed by atoms with E-state index in [0.717, 1.165) is 29.3 Å². The van der Waals surface area contributed by atoms with Crippen LogP contribution in [0.1, 0.15) is 35.7 Å². The second kappa shape index (κ2) is 3.85. The zero-order valence-corrected chi connectivity index (χ0v) is 9.80. The molecule has 1 aromatic rings. The first kappa shape index (κ1) is 9.91. The van der Waals surface area contributed by atoms with E-state index in [2.05, 4.69) is 28.9 Å². The summed E-state index contributed by atoms with van der Waals surface area (Å²) in [6.07, 6.45) is 3.03. The van der Waals surface area contributed by atoms with Gasteiger partial charge in [0.15, 0.2) is 5.78 Å². The van der Waals surface area contributed by atoms with Gasteiger partial charge in [0.2, 0.25) is 0 Å². The molecule has 2 heteroatoms. The number of carbonyl (C=O) groups is 1. The lowest BCUT2D eigenvalue weighted by atomic mass is 10.00. The number of benzene rings is 1. The number of fused-ring (bicyclic) bond motifs is 1. The topological polar surface area (TPSA) is 17.1 Å². The monoisotopic (exact) mass is 252 g/mol. The Morgan fingerprint density at radius 3 is 2.93 bits per heavy atom. The number of ketones is 1.